The van der Waals surface area contributed by atoms with Gasteiger partial charge in [0.25, 0.3) is 5.91 Å². The number of imide groups is 1. The van der Waals surface area contributed by atoms with Gasteiger partial charge in [-0.15, -0.1) is 0 Å². The molecule has 122 valence electrons. The summed E-state index contributed by atoms with van der Waals surface area (Å²) < 4.78 is 5.34. The molecular weight excluding hydrogens is 300 g/mol. The van der Waals surface area contributed by atoms with Crippen LogP contribution in [0.5, 0.6) is 5.75 Å². The highest BCUT2D eigenvalue weighted by Gasteiger charge is 2.37. The first kappa shape index (κ1) is 16.7. The van der Waals surface area contributed by atoms with E-state index in [1.807, 2.05) is 6.92 Å². The number of amides is 3. The van der Waals surface area contributed by atoms with Crippen LogP contribution in [0.25, 0.3) is 0 Å². The smallest absolute Gasteiger partial charge is 0.255 e. The summed E-state index contributed by atoms with van der Waals surface area (Å²) in [5.74, 6) is -0.328. The average molecular weight is 318 g/mol. The number of carbonyl (C=O) groups is 4. The fraction of sp³-hybridized carbons (Fsp3) is 0.375. The Bertz CT molecular complexity index is 629. The maximum Gasteiger partial charge on any atom is 0.255 e. The van der Waals surface area contributed by atoms with Crippen molar-refractivity contribution in [1.29, 1.82) is 0 Å². The van der Waals surface area contributed by atoms with Gasteiger partial charge in [-0.1, -0.05) is 19.4 Å². The fourth-order valence-electron chi connectivity index (χ4n) is 2.69. The first-order valence-electron chi connectivity index (χ1n) is 7.37. The molecule has 2 rings (SSSR count). The predicted octanol–water partition coefficient (Wildman–Crippen LogP) is 0.661. The summed E-state index contributed by atoms with van der Waals surface area (Å²) >= 11 is 0. The molecule has 0 saturated carbocycles. The van der Waals surface area contributed by atoms with Crippen LogP contribution in [-0.2, 0) is 20.9 Å². The van der Waals surface area contributed by atoms with E-state index in [4.69, 9.17) is 4.74 Å². The second-order valence-electron chi connectivity index (χ2n) is 5.12. The number of benzene rings is 1. The van der Waals surface area contributed by atoms with Gasteiger partial charge < -0.3 is 9.64 Å². The molecule has 23 heavy (non-hydrogen) atoms. The van der Waals surface area contributed by atoms with Crippen LogP contribution in [0, 0.1) is 0 Å². The van der Waals surface area contributed by atoms with Crippen LogP contribution >= 0.6 is 0 Å². The minimum absolute atomic E-state index is 0.103. The number of ether oxygens (including phenoxy) is 1. The lowest BCUT2D eigenvalue weighted by Crippen LogP contribution is -2.46. The summed E-state index contributed by atoms with van der Waals surface area (Å²) in [7, 11) is 0. The van der Waals surface area contributed by atoms with Crippen LogP contribution in [0.1, 0.15) is 35.7 Å². The minimum Gasteiger partial charge on any atom is -0.486 e. The number of hydrogen-bond acceptors (Lipinski definition) is 5. The van der Waals surface area contributed by atoms with Gasteiger partial charge in [0.2, 0.25) is 12.3 Å². The third kappa shape index (κ3) is 3.39. The molecule has 1 atom stereocenters. The Morgan fingerprint density at radius 1 is 1.43 bits per heavy atom. The first-order valence-corrected chi connectivity index (χ1v) is 7.37. The van der Waals surface area contributed by atoms with Gasteiger partial charge >= 0.3 is 0 Å². The number of hydrogen-bond donors (Lipinski definition) is 1. The third-order valence-electron chi connectivity index (χ3n) is 3.70. The van der Waals surface area contributed by atoms with Gasteiger partial charge in [-0.05, 0) is 18.6 Å². The normalized spacial score (nSPS) is 14.1. The molecule has 1 aromatic rings. The maximum absolute atomic E-state index is 12.6. The highest BCUT2D eigenvalue weighted by Crippen LogP contribution is 2.32. The molecule has 0 radical (unpaired) electrons. The van der Waals surface area contributed by atoms with E-state index in [-0.39, 0.29) is 19.1 Å². The Morgan fingerprint density at radius 3 is 2.87 bits per heavy atom. The number of rotatable bonds is 8. The molecule has 1 aliphatic heterocycles. The second-order valence-corrected chi connectivity index (χ2v) is 5.12. The highest BCUT2D eigenvalue weighted by atomic mass is 16.5. The van der Waals surface area contributed by atoms with Crippen LogP contribution < -0.4 is 10.1 Å². The second kappa shape index (κ2) is 7.53. The predicted molar refractivity (Wildman–Crippen MR) is 80.8 cm³/mol. The molecule has 0 aromatic heterocycles. The Hall–Kier alpha value is -2.70. The molecule has 0 bridgehead atoms. The Labute approximate surface area is 133 Å². The van der Waals surface area contributed by atoms with Crippen molar-refractivity contribution < 1.29 is 23.9 Å². The largest absolute Gasteiger partial charge is 0.486 e. The number of nitrogens with zero attached hydrogens (tertiary/aromatic N) is 1. The lowest BCUT2D eigenvalue weighted by Gasteiger charge is -2.25. The highest BCUT2D eigenvalue weighted by molar-refractivity contribution is 6.02. The van der Waals surface area contributed by atoms with Crippen LogP contribution in [0.2, 0.25) is 0 Å². The minimum atomic E-state index is -0.718. The van der Waals surface area contributed by atoms with E-state index in [1.165, 1.54) is 4.90 Å². The lowest BCUT2D eigenvalue weighted by atomic mass is 10.1. The molecule has 1 unspecified atom stereocenters. The zero-order chi connectivity index (χ0) is 16.8. The quantitative estimate of drug-likeness (QED) is 0.711. The van der Waals surface area contributed by atoms with E-state index in [0.29, 0.717) is 42.4 Å². The first-order chi connectivity index (χ1) is 11.1. The standard InChI is InChI=1S/C16H18N2O5/c1-2-4-13(15(21)17-10-20)18-9-12-11(16(18)22)5-3-6-14(12)23-8-7-19/h3,5-7,10,13H,2,4,8-9H2,1H3,(H,17,20,21). The monoisotopic (exact) mass is 318 g/mol. The van der Waals surface area contributed by atoms with Crippen LogP contribution in [0.3, 0.4) is 0 Å². The van der Waals surface area contributed by atoms with E-state index in [0.717, 1.165) is 0 Å². The van der Waals surface area contributed by atoms with Gasteiger partial charge in [-0.2, -0.15) is 0 Å². The Kier molecular flexibility index (Phi) is 5.46. The van der Waals surface area contributed by atoms with Gasteiger partial charge in [0.1, 0.15) is 18.4 Å². The Morgan fingerprint density at radius 2 is 2.22 bits per heavy atom. The molecule has 3 amide bonds. The fourth-order valence-corrected chi connectivity index (χ4v) is 2.69. The summed E-state index contributed by atoms with van der Waals surface area (Å²) in [5.41, 5.74) is 1.10. The average Bonchev–Trinajstić information content (AvgIpc) is 2.88. The van der Waals surface area contributed by atoms with Crippen molar-refractivity contribution in [2.24, 2.45) is 0 Å². The van der Waals surface area contributed by atoms with Crippen molar-refractivity contribution in [2.75, 3.05) is 6.61 Å². The van der Waals surface area contributed by atoms with Crippen LogP contribution in [0.4, 0.5) is 0 Å². The molecule has 0 aliphatic carbocycles. The number of fused-ring (bicyclic) bond motifs is 1. The summed E-state index contributed by atoms with van der Waals surface area (Å²) in [6.07, 6.45) is 2.08. The van der Waals surface area contributed by atoms with Crippen molar-refractivity contribution in [3.8, 4) is 5.75 Å². The summed E-state index contributed by atoms with van der Waals surface area (Å²) in [5, 5.41) is 2.11. The number of carbonyl (C=O) groups excluding carboxylic acids is 4. The van der Waals surface area contributed by atoms with Crippen molar-refractivity contribution in [3.63, 3.8) is 0 Å². The van der Waals surface area contributed by atoms with Gasteiger partial charge in [-0.3, -0.25) is 24.5 Å². The number of nitrogens with one attached hydrogen (secondary N) is 1. The van der Waals surface area contributed by atoms with Gasteiger partial charge in [0.05, 0.1) is 6.54 Å². The third-order valence-corrected chi connectivity index (χ3v) is 3.70. The molecule has 1 heterocycles. The van der Waals surface area contributed by atoms with Crippen molar-refractivity contribution >= 4 is 24.5 Å². The Balaban J connectivity index is 2.29. The summed E-state index contributed by atoms with van der Waals surface area (Å²) in [6, 6.07) is 4.29. The van der Waals surface area contributed by atoms with E-state index >= 15 is 0 Å². The maximum atomic E-state index is 12.6. The molecule has 1 aliphatic rings. The SMILES string of the molecule is CCCC(C(=O)NC=O)N1Cc2c(OCC=O)cccc2C1=O. The summed E-state index contributed by atoms with van der Waals surface area (Å²) in [6.45, 7) is 2.00. The lowest BCUT2D eigenvalue weighted by molar-refractivity contribution is -0.129. The van der Waals surface area contributed by atoms with E-state index in [1.54, 1.807) is 18.2 Å². The number of aldehydes is 1. The van der Waals surface area contributed by atoms with E-state index in [9.17, 15) is 19.2 Å². The molecular formula is C16H18N2O5. The van der Waals surface area contributed by atoms with Gasteiger partial charge in [0.15, 0.2) is 6.29 Å². The zero-order valence-corrected chi connectivity index (χ0v) is 12.8. The van der Waals surface area contributed by atoms with Gasteiger partial charge in [-0.25, -0.2) is 0 Å². The van der Waals surface area contributed by atoms with E-state index in [2.05, 4.69) is 5.32 Å². The van der Waals surface area contributed by atoms with Gasteiger partial charge in [0, 0.05) is 11.1 Å². The molecule has 1 aromatic carbocycles. The van der Waals surface area contributed by atoms with Crippen molar-refractivity contribution in [2.45, 2.75) is 32.4 Å². The molecule has 7 heteroatoms. The molecule has 0 saturated heterocycles. The molecule has 0 spiro atoms. The topological polar surface area (TPSA) is 92.8 Å². The van der Waals surface area contributed by atoms with Crippen LogP contribution in [0.15, 0.2) is 18.2 Å². The summed E-state index contributed by atoms with van der Waals surface area (Å²) in [4.78, 5) is 47.1. The molecule has 1 N–H and O–H groups in total. The van der Waals surface area contributed by atoms with E-state index < -0.39 is 11.9 Å². The van der Waals surface area contributed by atoms with Crippen molar-refractivity contribution in [3.05, 3.63) is 29.3 Å². The molecule has 7 nitrogen and oxygen atoms in total. The van der Waals surface area contributed by atoms with Crippen molar-refractivity contribution in [1.82, 2.24) is 10.2 Å². The van der Waals surface area contributed by atoms with Crippen LogP contribution in [-0.4, -0.2) is 42.1 Å². The molecule has 0 fully saturated rings. The zero-order valence-electron chi connectivity index (χ0n) is 12.8.